The number of piperidine rings is 1. The number of rotatable bonds is 2. The van der Waals surface area contributed by atoms with Gasteiger partial charge < -0.3 is 14.6 Å². The van der Waals surface area contributed by atoms with E-state index in [1.165, 1.54) is 0 Å². The van der Waals surface area contributed by atoms with Crippen LogP contribution in [0.3, 0.4) is 0 Å². The summed E-state index contributed by atoms with van der Waals surface area (Å²) in [6, 6.07) is -6.58. The Balaban J connectivity index is 2.01. The zero-order valence-corrected chi connectivity index (χ0v) is 10.4. The molecular weight excluding hydrogens is 264 g/mol. The second-order valence-electron chi connectivity index (χ2n) is 4.26. The monoisotopic (exact) mass is 301 g/mol. The second-order valence-corrected chi connectivity index (χ2v) is 4.26. The van der Waals surface area contributed by atoms with Crippen molar-refractivity contribution in [3.05, 3.63) is 36.0 Å². The molecule has 4 rings (SSSR count). The molecule has 2 aliphatic heterocycles. The lowest BCUT2D eigenvalue weighted by Crippen LogP contribution is -2.43. The Morgan fingerprint density at radius 1 is 1.57 bits per heavy atom. The van der Waals surface area contributed by atoms with E-state index in [0.717, 1.165) is 12.1 Å². The molecule has 1 unspecified atom stereocenters. The summed E-state index contributed by atoms with van der Waals surface area (Å²) in [6.07, 6.45) is -21.1. The molecule has 4 nitrogen and oxygen atoms in total. The lowest BCUT2D eigenvalue weighted by Gasteiger charge is -2.35. The Morgan fingerprint density at radius 2 is 2.38 bits per heavy atom. The van der Waals surface area contributed by atoms with Crippen LogP contribution in [0.5, 0.6) is 0 Å². The third-order valence-corrected chi connectivity index (χ3v) is 2.98. The molecular formula is C17H20N2O2. The maximum atomic E-state index is 13.3. The average Bonchev–Trinajstić information content (AvgIpc) is 3.10. The molecule has 2 aliphatic rings. The molecule has 1 aromatic carbocycles. The van der Waals surface area contributed by atoms with Crippen molar-refractivity contribution in [3.8, 4) is 0 Å². The SMILES string of the molecule is [2H]c1cc([2H])c2c(C(=O)OC3([2H])C([2H])([2H])[C@]4([2H])N(C([2H])([2H])[2H])[C@]([2H])(C3([2H])[2H])C([2H])([2H])C4([2H])[2H])c([2H])[nH]c2c1. The molecule has 2 aromatic rings. The third-order valence-electron chi connectivity index (χ3n) is 2.98. The quantitative estimate of drug-likeness (QED) is 0.868. The molecule has 4 heteroatoms. The van der Waals surface area contributed by atoms with Crippen LogP contribution in [0, 0.1) is 0 Å². The summed E-state index contributed by atoms with van der Waals surface area (Å²) in [5.41, 5.74) is -0.888. The lowest BCUT2D eigenvalue weighted by atomic mass is 10.0. The topological polar surface area (TPSA) is 45.3 Å². The van der Waals surface area contributed by atoms with Crippen LogP contribution in [0.25, 0.3) is 10.9 Å². The maximum Gasteiger partial charge on any atom is 0.340 e. The van der Waals surface area contributed by atoms with E-state index in [0.29, 0.717) is 0 Å². The van der Waals surface area contributed by atoms with Crippen LogP contribution in [-0.2, 0) is 4.74 Å². The first-order valence-electron chi connectivity index (χ1n) is 14.4. The number of para-hydroxylation sites is 1. The van der Waals surface area contributed by atoms with Crippen LogP contribution in [0.2, 0.25) is 0 Å². The highest BCUT2D eigenvalue weighted by molar-refractivity contribution is 6.04. The number of fused-ring (bicyclic) bond motifs is 3. The van der Waals surface area contributed by atoms with Gasteiger partial charge in [-0.05, 0) is 25.8 Å². The molecule has 2 saturated heterocycles. The van der Waals surface area contributed by atoms with Gasteiger partial charge in [0.1, 0.15) is 6.08 Å². The van der Waals surface area contributed by atoms with Gasteiger partial charge in [-0.25, -0.2) is 4.79 Å². The van der Waals surface area contributed by atoms with Gasteiger partial charge in [0.25, 0.3) is 0 Å². The highest BCUT2D eigenvalue weighted by atomic mass is 16.5. The van der Waals surface area contributed by atoms with Crippen LogP contribution in [0.1, 0.15) is 59.2 Å². The van der Waals surface area contributed by atoms with Crippen molar-refractivity contribution in [2.45, 2.75) is 43.6 Å². The second kappa shape index (κ2) is 4.88. The molecule has 1 N–H and O–H groups in total. The van der Waals surface area contributed by atoms with E-state index < -0.39 is 79.2 Å². The van der Waals surface area contributed by atoms with E-state index in [4.69, 9.17) is 28.0 Å². The molecule has 2 bridgehead atoms. The van der Waals surface area contributed by atoms with Gasteiger partial charge in [0.05, 0.1) is 11.0 Å². The minimum absolute atomic E-state index is 0.0802. The molecule has 110 valence electrons. The van der Waals surface area contributed by atoms with Crippen molar-refractivity contribution in [1.29, 1.82) is 0 Å². The Morgan fingerprint density at radius 3 is 3.14 bits per heavy atom. The van der Waals surface area contributed by atoms with Crippen LogP contribution in [0.4, 0.5) is 0 Å². The van der Waals surface area contributed by atoms with E-state index in [1.54, 1.807) is 0 Å². The van der Waals surface area contributed by atoms with Gasteiger partial charge in [0.2, 0.25) is 0 Å². The number of aromatic amines is 1. The number of aromatic nitrogens is 1. The molecule has 1 aromatic heterocycles. The minimum Gasteiger partial charge on any atom is -0.459 e. The molecule has 0 amide bonds. The summed E-state index contributed by atoms with van der Waals surface area (Å²) < 4.78 is 145. The zero-order chi connectivity index (χ0) is 29.4. The predicted octanol–water partition coefficient (Wildman–Crippen LogP) is 2.95. The summed E-state index contributed by atoms with van der Waals surface area (Å²) in [6.45, 7) is -3.83. The first-order valence-corrected chi connectivity index (χ1v) is 5.94. The average molecular weight is 301 g/mol. The summed E-state index contributed by atoms with van der Waals surface area (Å²) >= 11 is 0. The number of carbonyl (C=O) groups is 1. The van der Waals surface area contributed by atoms with Crippen molar-refractivity contribution >= 4 is 16.9 Å². The van der Waals surface area contributed by atoms with Crippen molar-refractivity contribution in [1.82, 2.24) is 9.88 Å². The standard InChI is InChI=1S/C17H20N2O2/c1-19-11-6-7-12(19)9-13(8-11)21-17(20)15-10-18-16-5-3-2-4-14(15)16/h2-5,10-13,18H,6-9H2,1H3/t11-,12+,13?/i1D3,3D,4D,6D2,7D2,8D2,9D2,10D,11D,12D,13D. The summed E-state index contributed by atoms with van der Waals surface area (Å²) in [5, 5.41) is -0.324. The van der Waals surface area contributed by atoms with Crippen molar-refractivity contribution in [2.75, 3.05) is 6.98 Å². The minimum atomic E-state index is -4.17. The number of carbonyl (C=O) groups excluding carboxylic acids is 1. The van der Waals surface area contributed by atoms with E-state index in [2.05, 4.69) is 4.98 Å². The normalized spacial score (nSPS) is 61.4. The number of esters is 1. The van der Waals surface area contributed by atoms with Gasteiger partial charge in [0.15, 0.2) is 0 Å². The number of nitrogens with zero attached hydrogens (tertiary/aromatic N) is 1. The van der Waals surface area contributed by atoms with Gasteiger partial charge in [-0.2, -0.15) is 0 Å². The van der Waals surface area contributed by atoms with Gasteiger partial charge in [0, 0.05) is 59.7 Å². The number of ether oxygens (including phenoxy) is 1. The zero-order valence-electron chi connectivity index (χ0n) is 27.4. The largest absolute Gasteiger partial charge is 0.459 e. The molecule has 0 aliphatic carbocycles. The number of hydrogen-bond acceptors (Lipinski definition) is 3. The van der Waals surface area contributed by atoms with Gasteiger partial charge in [-0.3, -0.25) is 0 Å². The fourth-order valence-electron chi connectivity index (χ4n) is 2.00. The fraction of sp³-hybridized carbons (Fsp3) is 0.471. The highest BCUT2D eigenvalue weighted by Crippen LogP contribution is 2.35. The number of nitrogens with one attached hydrogen (secondary N) is 1. The van der Waals surface area contributed by atoms with Crippen molar-refractivity contribution < 1.29 is 32.8 Å². The number of hydrogen-bond donors (Lipinski definition) is 1. The van der Waals surface area contributed by atoms with Crippen molar-refractivity contribution in [2.24, 2.45) is 0 Å². The molecule has 0 saturated carbocycles. The van der Waals surface area contributed by atoms with Crippen LogP contribution in [0.15, 0.2) is 30.4 Å². The highest BCUT2D eigenvalue weighted by Gasteiger charge is 2.40. The first-order chi connectivity index (χ1) is 16.8. The molecule has 21 heavy (non-hydrogen) atoms. The molecule has 3 atom stereocenters. The van der Waals surface area contributed by atoms with Crippen LogP contribution in [-0.4, -0.2) is 40.9 Å². The van der Waals surface area contributed by atoms with E-state index in [1.807, 2.05) is 0 Å². The molecule has 2 fully saturated rings. The van der Waals surface area contributed by atoms with Gasteiger partial charge in [-0.1, -0.05) is 18.2 Å². The summed E-state index contributed by atoms with van der Waals surface area (Å²) in [7, 11) is 0. The Bertz CT molecular complexity index is 1330. The fourth-order valence-corrected chi connectivity index (χ4v) is 2.00. The van der Waals surface area contributed by atoms with E-state index in [-0.39, 0.29) is 16.9 Å². The van der Waals surface area contributed by atoms with Gasteiger partial charge in [-0.15, -0.1) is 0 Å². The smallest absolute Gasteiger partial charge is 0.340 e. The van der Waals surface area contributed by atoms with Crippen LogP contribution >= 0.6 is 0 Å². The number of benzene rings is 1. The van der Waals surface area contributed by atoms with E-state index >= 15 is 0 Å². The first kappa shape index (κ1) is 4.13. The molecule has 3 heterocycles. The van der Waals surface area contributed by atoms with Crippen molar-refractivity contribution in [3.63, 3.8) is 0 Å². The number of H-pyrrole nitrogens is 1. The summed E-state index contributed by atoms with van der Waals surface area (Å²) in [5.74, 6) is -1.81. The van der Waals surface area contributed by atoms with E-state index in [9.17, 15) is 4.79 Å². The van der Waals surface area contributed by atoms with Crippen LogP contribution < -0.4 is 0 Å². The molecule has 0 spiro atoms. The Labute approximate surface area is 148 Å². The summed E-state index contributed by atoms with van der Waals surface area (Å²) in [4.78, 5) is 15.1. The Hall–Kier alpha value is -1.81. The van der Waals surface area contributed by atoms with Gasteiger partial charge >= 0.3 is 5.97 Å². The maximum absolute atomic E-state index is 13.3. The molecule has 0 radical (unpaired) electrons. The Kier molecular flexibility index (Phi) is 0.961. The lowest BCUT2D eigenvalue weighted by molar-refractivity contribution is -0.000258. The third kappa shape index (κ3) is 2.14. The predicted molar refractivity (Wildman–Crippen MR) is 81.3 cm³/mol.